The van der Waals surface area contributed by atoms with Gasteiger partial charge in [0.2, 0.25) is 0 Å². The molecule has 2 heterocycles. The van der Waals surface area contributed by atoms with Crippen LogP contribution in [0.1, 0.15) is 32.8 Å². The Morgan fingerprint density at radius 3 is 2.36 bits per heavy atom. The predicted molar refractivity (Wildman–Crippen MR) is 105 cm³/mol. The highest BCUT2D eigenvalue weighted by Crippen LogP contribution is 2.28. The summed E-state index contributed by atoms with van der Waals surface area (Å²) in [5, 5.41) is 20.0. The normalized spacial score (nSPS) is 12.2. The molecule has 0 aliphatic carbocycles. The zero-order chi connectivity index (χ0) is 17.9. The Balaban J connectivity index is 2.19. The van der Waals surface area contributed by atoms with Crippen molar-refractivity contribution in [2.24, 2.45) is 0 Å². The number of fused-ring (bicyclic) bond motifs is 1. The second-order valence-electron chi connectivity index (χ2n) is 6.75. The molecule has 0 saturated heterocycles. The number of nitrogens with one attached hydrogen (secondary N) is 1. The fourth-order valence-corrected chi connectivity index (χ4v) is 7.84. The predicted octanol–water partition coefficient (Wildman–Crippen LogP) is 3.39. The topological polar surface area (TPSA) is 66.7 Å². The van der Waals surface area contributed by atoms with Crippen LogP contribution in [0.15, 0.2) is 30.9 Å². The van der Waals surface area contributed by atoms with Gasteiger partial charge in [-0.1, -0.05) is 38.9 Å². The fraction of sp³-hybridized carbons (Fsp3) is 0.474. The highest BCUT2D eigenvalue weighted by Gasteiger charge is 2.33. The number of aliphatic hydroxyl groups excluding tert-OH is 1. The van der Waals surface area contributed by atoms with Gasteiger partial charge < -0.3 is 10.1 Å². The van der Waals surface area contributed by atoms with E-state index in [-0.39, 0.29) is 6.61 Å². The molecular weight excluding hydrogens is 328 g/mol. The number of rotatable bonds is 8. The van der Waals surface area contributed by atoms with E-state index in [9.17, 15) is 5.11 Å². The molecule has 2 aromatic heterocycles. The third kappa shape index (κ3) is 3.16. The van der Waals surface area contributed by atoms with Crippen molar-refractivity contribution in [3.63, 3.8) is 0 Å². The van der Waals surface area contributed by atoms with Crippen LogP contribution in [0.3, 0.4) is 0 Å². The van der Waals surface area contributed by atoms with Gasteiger partial charge in [-0.25, -0.2) is 0 Å². The number of hydrogen-bond donors (Lipinski definition) is 2. The minimum atomic E-state index is -1.52. The SMILES string of the molecule is CC[Si](CC)(CC)c1[nH]c2ccc(-n3cnnc3)cc2c1CCCO. The third-order valence-corrected chi connectivity index (χ3v) is 11.3. The molecule has 2 N–H and O–H groups in total. The first-order chi connectivity index (χ1) is 12.2. The number of aromatic nitrogens is 4. The van der Waals surface area contributed by atoms with Gasteiger partial charge in [0, 0.05) is 28.5 Å². The molecule has 5 nitrogen and oxygen atoms in total. The molecule has 3 aromatic rings. The average molecular weight is 357 g/mol. The standard InChI is InChI=1S/C19H28N4OSi/c1-4-25(5-2,6-3)19-16(8-7-11-24)17-12-15(9-10-18(17)22-19)23-13-20-21-14-23/h9-10,12-14,22,24H,4-8,11H2,1-3H3. The maximum absolute atomic E-state index is 9.39. The minimum absolute atomic E-state index is 0.232. The number of nitrogens with zero attached hydrogens (tertiary/aromatic N) is 3. The van der Waals surface area contributed by atoms with E-state index >= 15 is 0 Å². The van der Waals surface area contributed by atoms with Gasteiger partial charge in [-0.15, -0.1) is 10.2 Å². The Morgan fingerprint density at radius 1 is 1.08 bits per heavy atom. The van der Waals surface area contributed by atoms with Crippen LogP contribution in [0.25, 0.3) is 16.6 Å². The fourth-order valence-electron chi connectivity index (χ4n) is 3.98. The zero-order valence-electron chi connectivity index (χ0n) is 15.4. The molecule has 6 heteroatoms. The number of H-pyrrole nitrogens is 1. The number of aromatic amines is 1. The second kappa shape index (κ2) is 7.54. The molecule has 0 atom stereocenters. The second-order valence-corrected chi connectivity index (χ2v) is 11.9. The first-order valence-corrected chi connectivity index (χ1v) is 11.9. The summed E-state index contributed by atoms with van der Waals surface area (Å²) in [5.41, 5.74) is 3.69. The van der Waals surface area contributed by atoms with Crippen LogP contribution in [-0.4, -0.2) is 39.5 Å². The molecule has 3 rings (SSSR count). The van der Waals surface area contributed by atoms with Gasteiger partial charge in [-0.05, 0) is 36.6 Å². The minimum Gasteiger partial charge on any atom is -0.396 e. The van der Waals surface area contributed by atoms with Crippen LogP contribution in [-0.2, 0) is 6.42 Å². The van der Waals surface area contributed by atoms with Gasteiger partial charge in [-0.3, -0.25) is 4.57 Å². The Kier molecular flexibility index (Phi) is 5.39. The summed E-state index contributed by atoms with van der Waals surface area (Å²) >= 11 is 0. The van der Waals surface area contributed by atoms with E-state index in [4.69, 9.17) is 0 Å². The third-order valence-electron chi connectivity index (χ3n) is 5.75. The molecule has 0 saturated carbocycles. The summed E-state index contributed by atoms with van der Waals surface area (Å²) in [6, 6.07) is 10.2. The summed E-state index contributed by atoms with van der Waals surface area (Å²) in [6.07, 6.45) is 5.18. The maximum Gasteiger partial charge on any atom is 0.123 e. The Bertz CT molecular complexity index is 813. The van der Waals surface area contributed by atoms with Crippen molar-refractivity contribution in [3.05, 3.63) is 36.4 Å². The summed E-state index contributed by atoms with van der Waals surface area (Å²) in [6.45, 7) is 7.24. The van der Waals surface area contributed by atoms with Gasteiger partial charge in [0.15, 0.2) is 0 Å². The molecule has 0 aliphatic rings. The summed E-state index contributed by atoms with van der Waals surface area (Å²) < 4.78 is 1.94. The lowest BCUT2D eigenvalue weighted by Crippen LogP contribution is -2.48. The smallest absolute Gasteiger partial charge is 0.123 e. The summed E-state index contributed by atoms with van der Waals surface area (Å²) in [4.78, 5) is 3.78. The molecule has 0 aliphatic heterocycles. The van der Waals surface area contributed by atoms with E-state index in [1.54, 1.807) is 12.7 Å². The zero-order valence-corrected chi connectivity index (χ0v) is 16.4. The quantitative estimate of drug-likeness (QED) is 0.608. The van der Waals surface area contributed by atoms with E-state index in [1.807, 2.05) is 4.57 Å². The first-order valence-electron chi connectivity index (χ1n) is 9.30. The molecule has 25 heavy (non-hydrogen) atoms. The van der Waals surface area contributed by atoms with E-state index in [0.29, 0.717) is 0 Å². The van der Waals surface area contributed by atoms with E-state index in [2.05, 4.69) is 54.2 Å². The van der Waals surface area contributed by atoms with Crippen LogP contribution >= 0.6 is 0 Å². The van der Waals surface area contributed by atoms with Crippen molar-refractivity contribution in [2.45, 2.75) is 51.7 Å². The molecule has 1 aromatic carbocycles. The van der Waals surface area contributed by atoms with E-state index in [1.165, 1.54) is 39.9 Å². The lowest BCUT2D eigenvalue weighted by atomic mass is 10.1. The van der Waals surface area contributed by atoms with Crippen molar-refractivity contribution in [2.75, 3.05) is 6.61 Å². The highest BCUT2D eigenvalue weighted by atomic mass is 28.3. The number of benzene rings is 1. The lowest BCUT2D eigenvalue weighted by Gasteiger charge is -2.28. The average Bonchev–Trinajstić information content (AvgIpc) is 3.30. The maximum atomic E-state index is 9.39. The summed E-state index contributed by atoms with van der Waals surface area (Å²) in [5.74, 6) is 0. The highest BCUT2D eigenvalue weighted by molar-refractivity contribution is 6.91. The number of aryl methyl sites for hydroxylation is 1. The molecule has 0 bridgehead atoms. The van der Waals surface area contributed by atoms with Gasteiger partial charge in [-0.2, -0.15) is 0 Å². The Morgan fingerprint density at radius 2 is 1.76 bits per heavy atom. The van der Waals surface area contributed by atoms with E-state index < -0.39 is 8.07 Å². The van der Waals surface area contributed by atoms with Gasteiger partial charge >= 0.3 is 0 Å². The van der Waals surface area contributed by atoms with Crippen molar-refractivity contribution in [3.8, 4) is 5.69 Å². The van der Waals surface area contributed by atoms with Gasteiger partial charge in [0.05, 0.1) is 0 Å². The molecule has 0 fully saturated rings. The van der Waals surface area contributed by atoms with E-state index in [0.717, 1.165) is 18.5 Å². The van der Waals surface area contributed by atoms with Crippen molar-refractivity contribution >= 4 is 24.3 Å². The molecular formula is C19H28N4OSi. The Hall–Kier alpha value is -1.92. The lowest BCUT2D eigenvalue weighted by molar-refractivity contribution is 0.289. The molecule has 0 spiro atoms. The van der Waals surface area contributed by atoms with Crippen molar-refractivity contribution in [1.29, 1.82) is 0 Å². The van der Waals surface area contributed by atoms with Crippen LogP contribution < -0.4 is 5.32 Å². The Labute approximate surface area is 150 Å². The van der Waals surface area contributed by atoms with Crippen molar-refractivity contribution in [1.82, 2.24) is 19.7 Å². The molecule has 134 valence electrons. The molecule has 0 amide bonds. The number of hydrogen-bond acceptors (Lipinski definition) is 3. The summed E-state index contributed by atoms with van der Waals surface area (Å²) in [7, 11) is -1.52. The van der Waals surface area contributed by atoms with Crippen LogP contribution in [0.5, 0.6) is 0 Å². The van der Waals surface area contributed by atoms with Crippen molar-refractivity contribution < 1.29 is 5.11 Å². The first kappa shape index (κ1) is 17.9. The van der Waals surface area contributed by atoms with Crippen LogP contribution in [0.4, 0.5) is 0 Å². The monoisotopic (exact) mass is 356 g/mol. The molecule has 0 radical (unpaired) electrons. The van der Waals surface area contributed by atoms with Gasteiger partial charge in [0.1, 0.15) is 20.7 Å². The largest absolute Gasteiger partial charge is 0.396 e. The number of aliphatic hydroxyl groups is 1. The van der Waals surface area contributed by atoms with Gasteiger partial charge in [0.25, 0.3) is 0 Å². The molecule has 0 unspecified atom stereocenters. The van der Waals surface area contributed by atoms with Crippen LogP contribution in [0, 0.1) is 0 Å². The van der Waals surface area contributed by atoms with Crippen LogP contribution in [0.2, 0.25) is 18.1 Å².